The van der Waals surface area contributed by atoms with E-state index < -0.39 is 35.6 Å². The standard InChI is InChI=1S/2C17H26N4O5/c2*1-10-6-13-12(8-20(10)16(24)25-17(2,3)4)14-15(23)19(5)26-11(9-22)7-21(14)18-13/h2*10-11,22H,6-9H2,1-5H3/t10-,11+;10-,11-/m11/s1. The molecule has 6 heterocycles. The molecule has 0 aliphatic carbocycles. The number of amides is 4. The molecule has 2 aromatic rings. The topological polar surface area (TPSA) is 194 Å². The Bertz CT molecular complexity index is 1570. The van der Waals surface area contributed by atoms with Crippen LogP contribution in [0, 0.1) is 0 Å². The molecule has 0 bridgehead atoms. The number of carbonyl (C=O) groups excluding carboxylic acids is 4. The maximum Gasteiger partial charge on any atom is 0.410 e. The molecule has 6 rings (SSSR count). The van der Waals surface area contributed by atoms with Crippen molar-refractivity contribution in [2.24, 2.45) is 0 Å². The lowest BCUT2D eigenvalue weighted by molar-refractivity contribution is -0.159. The molecule has 2 aromatic heterocycles. The SMILES string of the molecule is C[C@@H]1Cc2nn3c(c2CN1C(=O)OC(C)(C)C)C(=O)N(C)O[C@@H](CO)C3.C[C@@H]1Cc2nn3c(c2CN1C(=O)OC(C)(C)C)C(=O)N(C)O[C@H](CO)C3. The summed E-state index contributed by atoms with van der Waals surface area (Å²) in [6.07, 6.45) is -0.840. The van der Waals surface area contributed by atoms with Crippen LogP contribution >= 0.6 is 0 Å². The van der Waals surface area contributed by atoms with E-state index in [1.165, 1.54) is 14.1 Å². The van der Waals surface area contributed by atoms with Crippen molar-refractivity contribution in [3.63, 3.8) is 0 Å². The number of hydroxylamine groups is 4. The predicted octanol–water partition coefficient (Wildman–Crippen LogP) is 1.89. The van der Waals surface area contributed by atoms with Crippen LogP contribution in [0.1, 0.15) is 98.9 Å². The Kier molecular flexibility index (Phi) is 11.0. The van der Waals surface area contributed by atoms with Crippen molar-refractivity contribution < 1.29 is 48.5 Å². The number of aromatic nitrogens is 4. The number of fused-ring (bicyclic) bond motifs is 6. The van der Waals surface area contributed by atoms with E-state index in [2.05, 4.69) is 10.2 Å². The van der Waals surface area contributed by atoms with E-state index in [4.69, 9.17) is 19.1 Å². The van der Waals surface area contributed by atoms with Gasteiger partial charge >= 0.3 is 12.2 Å². The zero-order valence-corrected chi connectivity index (χ0v) is 31.7. The average Bonchev–Trinajstić information content (AvgIpc) is 3.48. The lowest BCUT2D eigenvalue weighted by atomic mass is 9.99. The minimum atomic E-state index is -0.592. The smallest absolute Gasteiger partial charge is 0.410 e. The molecule has 4 atom stereocenters. The minimum Gasteiger partial charge on any atom is -0.444 e. The first-order valence-corrected chi connectivity index (χ1v) is 17.5. The second kappa shape index (κ2) is 14.6. The second-order valence-electron chi connectivity index (χ2n) is 15.7. The van der Waals surface area contributed by atoms with Gasteiger partial charge in [-0.2, -0.15) is 10.2 Å². The van der Waals surface area contributed by atoms with Gasteiger partial charge in [0.15, 0.2) is 0 Å². The van der Waals surface area contributed by atoms with Gasteiger partial charge in [-0.25, -0.2) is 19.7 Å². The third-order valence-electron chi connectivity index (χ3n) is 8.97. The number of aliphatic hydroxyl groups is 2. The average molecular weight is 733 g/mol. The number of carbonyl (C=O) groups is 4. The Morgan fingerprint density at radius 3 is 1.37 bits per heavy atom. The van der Waals surface area contributed by atoms with Crippen LogP contribution in [0.2, 0.25) is 0 Å². The Hall–Kier alpha value is -4.26. The van der Waals surface area contributed by atoms with Crippen molar-refractivity contribution >= 4 is 24.0 Å². The molecule has 0 radical (unpaired) electrons. The molecule has 52 heavy (non-hydrogen) atoms. The zero-order chi connectivity index (χ0) is 38.4. The Morgan fingerprint density at radius 2 is 1.06 bits per heavy atom. The molecule has 0 saturated heterocycles. The van der Waals surface area contributed by atoms with Crippen molar-refractivity contribution in [2.45, 2.75) is 130 Å². The Balaban J connectivity index is 0.000000201. The first-order chi connectivity index (χ1) is 24.2. The van der Waals surface area contributed by atoms with Gasteiger partial charge in [-0.05, 0) is 55.4 Å². The molecule has 0 saturated carbocycles. The summed E-state index contributed by atoms with van der Waals surface area (Å²) in [6, 6.07) is -0.177. The molecule has 2 N–H and O–H groups in total. The van der Waals surface area contributed by atoms with Crippen LogP contribution in [-0.4, -0.2) is 137 Å². The highest BCUT2D eigenvalue weighted by Gasteiger charge is 2.40. The van der Waals surface area contributed by atoms with Crippen molar-refractivity contribution in [3.8, 4) is 0 Å². The number of ether oxygens (including phenoxy) is 2. The summed E-state index contributed by atoms with van der Waals surface area (Å²) in [5.74, 6) is -0.679. The summed E-state index contributed by atoms with van der Waals surface area (Å²) < 4.78 is 14.2. The first kappa shape index (κ1) is 39.0. The first-order valence-electron chi connectivity index (χ1n) is 17.5. The molecule has 18 heteroatoms. The normalized spacial score (nSPS) is 23.4. The maximum atomic E-state index is 12.7. The number of aliphatic hydroxyl groups excluding tert-OH is 2. The molecule has 0 fully saturated rings. The van der Waals surface area contributed by atoms with E-state index in [-0.39, 0.29) is 63.3 Å². The summed E-state index contributed by atoms with van der Waals surface area (Å²) in [4.78, 5) is 64.7. The molecule has 0 aromatic carbocycles. The van der Waals surface area contributed by atoms with Crippen molar-refractivity contribution in [2.75, 3.05) is 27.3 Å². The van der Waals surface area contributed by atoms with E-state index in [9.17, 15) is 29.4 Å². The third-order valence-corrected chi connectivity index (χ3v) is 8.97. The highest BCUT2D eigenvalue weighted by atomic mass is 16.7. The second-order valence-corrected chi connectivity index (χ2v) is 15.7. The Morgan fingerprint density at radius 1 is 0.712 bits per heavy atom. The Labute approximate surface area is 303 Å². The number of rotatable bonds is 2. The molecular formula is C34H52N8O10. The molecule has 0 spiro atoms. The van der Waals surface area contributed by atoms with Gasteiger partial charge in [-0.3, -0.25) is 28.6 Å². The fourth-order valence-electron chi connectivity index (χ4n) is 6.54. The van der Waals surface area contributed by atoms with Crippen LogP contribution in [0.15, 0.2) is 0 Å². The minimum absolute atomic E-state index is 0.0887. The van der Waals surface area contributed by atoms with E-state index in [0.29, 0.717) is 35.4 Å². The van der Waals surface area contributed by atoms with Crippen molar-refractivity contribution in [1.82, 2.24) is 39.5 Å². The molecular weight excluding hydrogens is 680 g/mol. The summed E-state index contributed by atoms with van der Waals surface area (Å²) in [7, 11) is 3.02. The predicted molar refractivity (Wildman–Crippen MR) is 182 cm³/mol. The van der Waals surface area contributed by atoms with Crippen molar-refractivity contribution in [3.05, 3.63) is 33.9 Å². The molecule has 4 aliphatic rings. The zero-order valence-electron chi connectivity index (χ0n) is 31.7. The monoisotopic (exact) mass is 732 g/mol. The molecule has 18 nitrogen and oxygen atoms in total. The van der Waals surface area contributed by atoms with Gasteiger partial charge in [-0.15, -0.1) is 0 Å². The van der Waals surface area contributed by atoms with Gasteiger partial charge in [-0.1, -0.05) is 0 Å². The largest absolute Gasteiger partial charge is 0.444 e. The van der Waals surface area contributed by atoms with E-state index in [0.717, 1.165) is 21.5 Å². The third kappa shape index (κ3) is 8.19. The lowest BCUT2D eigenvalue weighted by Gasteiger charge is -2.34. The lowest BCUT2D eigenvalue weighted by Crippen LogP contribution is -2.45. The van der Waals surface area contributed by atoms with Crippen LogP contribution in [0.4, 0.5) is 9.59 Å². The van der Waals surface area contributed by atoms with Crippen LogP contribution in [0.3, 0.4) is 0 Å². The molecule has 288 valence electrons. The maximum absolute atomic E-state index is 12.7. The van der Waals surface area contributed by atoms with E-state index in [1.807, 2.05) is 55.4 Å². The summed E-state index contributed by atoms with van der Waals surface area (Å²) in [5.41, 5.74) is 2.65. The van der Waals surface area contributed by atoms with Gasteiger partial charge in [0.25, 0.3) is 11.8 Å². The van der Waals surface area contributed by atoms with Crippen LogP contribution in [0.25, 0.3) is 0 Å². The number of nitrogens with zero attached hydrogens (tertiary/aromatic N) is 8. The fourth-order valence-corrected chi connectivity index (χ4v) is 6.54. The number of hydrogen-bond acceptors (Lipinski definition) is 12. The molecule has 4 amide bonds. The van der Waals surface area contributed by atoms with Crippen LogP contribution < -0.4 is 0 Å². The van der Waals surface area contributed by atoms with Gasteiger partial charge in [0.1, 0.15) is 34.8 Å². The van der Waals surface area contributed by atoms with E-state index in [1.54, 1.807) is 19.2 Å². The fraction of sp³-hybridized carbons (Fsp3) is 0.706. The van der Waals surface area contributed by atoms with Gasteiger partial charge in [0.2, 0.25) is 0 Å². The summed E-state index contributed by atoms with van der Waals surface area (Å²) in [5, 5.41) is 30.2. The number of hydrogen-bond donors (Lipinski definition) is 2. The summed E-state index contributed by atoms with van der Waals surface area (Å²) >= 11 is 0. The highest BCUT2D eigenvalue weighted by Crippen LogP contribution is 2.31. The van der Waals surface area contributed by atoms with Crippen LogP contribution in [-0.2, 0) is 58.2 Å². The summed E-state index contributed by atoms with van der Waals surface area (Å²) in [6.45, 7) is 15.4. The molecule has 0 unspecified atom stereocenters. The highest BCUT2D eigenvalue weighted by molar-refractivity contribution is 5.94. The molecule has 4 aliphatic heterocycles. The quantitative estimate of drug-likeness (QED) is 0.456. The van der Waals surface area contributed by atoms with Crippen molar-refractivity contribution in [1.29, 1.82) is 0 Å². The van der Waals surface area contributed by atoms with Gasteiger partial charge < -0.3 is 29.5 Å². The van der Waals surface area contributed by atoms with Gasteiger partial charge in [0.05, 0.1) is 50.8 Å². The van der Waals surface area contributed by atoms with Crippen LogP contribution in [0.5, 0.6) is 0 Å². The van der Waals surface area contributed by atoms with Gasteiger partial charge in [0, 0.05) is 50.1 Å². The van der Waals surface area contributed by atoms with E-state index >= 15 is 0 Å².